The molecule has 28 heavy (non-hydrogen) atoms. The molecule has 156 valence electrons. The number of aromatic amines is 1. The lowest BCUT2D eigenvalue weighted by molar-refractivity contribution is -0.200. The maximum atomic E-state index is 12.3. The smallest absolute Gasteiger partial charge is 0.394 e. The van der Waals surface area contributed by atoms with Crippen molar-refractivity contribution in [3.8, 4) is 0 Å². The number of hydrogen-bond acceptors (Lipinski definition) is 7. The monoisotopic (exact) mass is 425 g/mol. The summed E-state index contributed by atoms with van der Waals surface area (Å²) >= 11 is 5.12. The lowest BCUT2D eigenvalue weighted by Gasteiger charge is -2.25. The number of nitrogens with zero attached hydrogens (tertiary/aromatic N) is 1. The van der Waals surface area contributed by atoms with Crippen molar-refractivity contribution in [3.05, 3.63) is 26.9 Å². The van der Waals surface area contributed by atoms with Gasteiger partial charge in [-0.3, -0.25) is 19.1 Å². The van der Waals surface area contributed by atoms with Gasteiger partial charge >= 0.3 is 12.1 Å². The number of fused-ring (bicyclic) bond motifs is 1. The van der Waals surface area contributed by atoms with E-state index >= 15 is 0 Å². The van der Waals surface area contributed by atoms with Crippen LogP contribution in [0, 0.1) is 4.77 Å². The Hall–Kier alpha value is -1.80. The predicted molar refractivity (Wildman–Crippen MR) is 88.6 cm³/mol. The number of alkyl halides is 3. The van der Waals surface area contributed by atoms with E-state index in [0.29, 0.717) is 0 Å². The molecule has 0 radical (unpaired) electrons. The topological polar surface area (TPSA) is 115 Å². The van der Waals surface area contributed by atoms with Gasteiger partial charge in [0.2, 0.25) is 0 Å². The van der Waals surface area contributed by atoms with Crippen molar-refractivity contribution in [1.82, 2.24) is 14.9 Å². The molecule has 9 nitrogen and oxygen atoms in total. The molecule has 4 atom stereocenters. The van der Waals surface area contributed by atoms with Crippen LogP contribution < -0.4 is 10.9 Å². The first-order chi connectivity index (χ1) is 12.9. The number of amides is 1. The van der Waals surface area contributed by atoms with Gasteiger partial charge < -0.3 is 24.6 Å². The van der Waals surface area contributed by atoms with Gasteiger partial charge in [0, 0.05) is 12.7 Å². The summed E-state index contributed by atoms with van der Waals surface area (Å²) in [5.41, 5.74) is -0.919. The second-order valence-corrected chi connectivity index (χ2v) is 7.20. The second kappa shape index (κ2) is 7.22. The van der Waals surface area contributed by atoms with Crippen LogP contribution in [0.25, 0.3) is 0 Å². The third kappa shape index (κ3) is 3.98. The van der Waals surface area contributed by atoms with Crippen molar-refractivity contribution in [2.75, 3.05) is 6.61 Å². The van der Waals surface area contributed by atoms with Gasteiger partial charge in [0.05, 0.1) is 12.2 Å². The minimum atomic E-state index is -5.07. The van der Waals surface area contributed by atoms with Gasteiger partial charge in [0.15, 0.2) is 16.8 Å². The van der Waals surface area contributed by atoms with Crippen molar-refractivity contribution < 1.29 is 37.3 Å². The molecule has 13 heteroatoms. The van der Waals surface area contributed by atoms with Crippen molar-refractivity contribution >= 4 is 18.1 Å². The average Bonchev–Trinajstić information content (AvgIpc) is 3.06. The molecule has 3 heterocycles. The number of aliphatic hydroxyl groups is 1. The minimum Gasteiger partial charge on any atom is -0.394 e. The maximum Gasteiger partial charge on any atom is 0.471 e. The Morgan fingerprint density at radius 3 is 2.64 bits per heavy atom. The summed E-state index contributed by atoms with van der Waals surface area (Å²) < 4.78 is 55.5. The van der Waals surface area contributed by atoms with E-state index in [2.05, 4.69) is 4.98 Å². The lowest BCUT2D eigenvalue weighted by atomic mass is 10.1. The number of aliphatic hydroxyl groups excluding tert-OH is 1. The Morgan fingerprint density at radius 1 is 1.39 bits per heavy atom. The molecule has 2 aliphatic rings. The number of aromatic nitrogens is 2. The molecule has 0 aliphatic carbocycles. The Kier molecular flexibility index (Phi) is 5.40. The predicted octanol–water partition coefficient (Wildman–Crippen LogP) is 0.494. The summed E-state index contributed by atoms with van der Waals surface area (Å²) in [5.74, 6) is -3.12. The summed E-state index contributed by atoms with van der Waals surface area (Å²) in [4.78, 5) is 25.3. The van der Waals surface area contributed by atoms with Gasteiger partial charge in [-0.25, -0.2) is 0 Å². The molecule has 1 aromatic heterocycles. The van der Waals surface area contributed by atoms with Crippen molar-refractivity contribution in [2.24, 2.45) is 0 Å². The fourth-order valence-electron chi connectivity index (χ4n) is 3.15. The zero-order valence-electron chi connectivity index (χ0n) is 14.8. The van der Waals surface area contributed by atoms with E-state index in [4.69, 9.17) is 26.4 Å². The molecule has 2 saturated heterocycles. The first kappa shape index (κ1) is 20.9. The largest absolute Gasteiger partial charge is 0.471 e. The van der Waals surface area contributed by atoms with Gasteiger partial charge in [0.25, 0.3) is 5.56 Å². The number of H-pyrrole nitrogens is 1. The van der Waals surface area contributed by atoms with Crippen LogP contribution in [0.2, 0.25) is 0 Å². The summed E-state index contributed by atoms with van der Waals surface area (Å²) in [5, 5.41) is 11.2. The highest BCUT2D eigenvalue weighted by Gasteiger charge is 2.55. The Morgan fingerprint density at radius 2 is 2.04 bits per heavy atom. The molecule has 0 spiro atoms. The quantitative estimate of drug-likeness (QED) is 0.602. The molecule has 0 aromatic carbocycles. The van der Waals surface area contributed by atoms with E-state index < -0.39 is 54.5 Å². The van der Waals surface area contributed by atoms with Crippen LogP contribution in [0.3, 0.4) is 0 Å². The van der Waals surface area contributed by atoms with Crippen LogP contribution in [0.5, 0.6) is 0 Å². The van der Waals surface area contributed by atoms with Gasteiger partial charge in [-0.2, -0.15) is 13.2 Å². The molecule has 0 saturated carbocycles. The van der Waals surface area contributed by atoms with E-state index in [0.717, 1.165) is 0 Å². The van der Waals surface area contributed by atoms with Crippen LogP contribution in [-0.2, 0) is 25.5 Å². The highest BCUT2D eigenvalue weighted by Crippen LogP contribution is 2.42. The maximum absolute atomic E-state index is 12.3. The minimum absolute atomic E-state index is 0.0634. The Bertz CT molecular complexity index is 883. The molecule has 2 aliphatic heterocycles. The number of hydrogen-bond donors (Lipinski definition) is 3. The Balaban J connectivity index is 1.89. The third-order valence-electron chi connectivity index (χ3n) is 4.32. The first-order valence-electron chi connectivity index (χ1n) is 8.24. The van der Waals surface area contributed by atoms with E-state index in [1.807, 2.05) is 0 Å². The molecule has 1 aromatic rings. The molecule has 1 amide bonds. The van der Waals surface area contributed by atoms with Crippen molar-refractivity contribution in [1.29, 1.82) is 0 Å². The van der Waals surface area contributed by atoms with Gasteiger partial charge in [-0.05, 0) is 26.1 Å². The van der Waals surface area contributed by atoms with Gasteiger partial charge in [0.1, 0.15) is 18.3 Å². The summed E-state index contributed by atoms with van der Waals surface area (Å²) in [6.07, 6.45) is -6.79. The van der Waals surface area contributed by atoms with E-state index in [1.54, 1.807) is 19.2 Å². The van der Waals surface area contributed by atoms with Crippen LogP contribution in [-0.4, -0.2) is 57.4 Å². The van der Waals surface area contributed by atoms with Gasteiger partial charge in [-0.15, -0.1) is 0 Å². The number of nitrogens with one attached hydrogen (secondary N) is 2. The molecule has 2 fully saturated rings. The molecule has 3 N–H and O–H groups in total. The number of carbonyl (C=O) groups excluding carboxylic acids is 1. The van der Waals surface area contributed by atoms with Crippen LogP contribution >= 0.6 is 12.2 Å². The number of carbonyl (C=O) groups is 1. The fourth-order valence-corrected chi connectivity index (χ4v) is 3.40. The van der Waals surface area contributed by atoms with Gasteiger partial charge in [-0.1, -0.05) is 0 Å². The molecular formula is C15H18F3N3O6S. The normalized spacial score (nSPS) is 28.9. The summed E-state index contributed by atoms with van der Waals surface area (Å²) in [7, 11) is 0. The number of rotatable bonds is 4. The Labute approximate surface area is 161 Å². The highest BCUT2D eigenvalue weighted by molar-refractivity contribution is 7.71. The zero-order chi connectivity index (χ0) is 20.9. The second-order valence-electron chi connectivity index (χ2n) is 6.81. The van der Waals surface area contributed by atoms with E-state index in [-0.39, 0.29) is 16.9 Å². The van der Waals surface area contributed by atoms with Crippen LogP contribution in [0.15, 0.2) is 11.0 Å². The van der Waals surface area contributed by atoms with Crippen LogP contribution in [0.1, 0.15) is 25.6 Å². The lowest BCUT2D eigenvalue weighted by Crippen LogP contribution is -2.38. The van der Waals surface area contributed by atoms with Crippen LogP contribution in [0.4, 0.5) is 13.2 Å². The van der Waals surface area contributed by atoms with E-state index in [1.165, 1.54) is 10.8 Å². The molecule has 3 rings (SSSR count). The molecule has 0 bridgehead atoms. The average molecular weight is 425 g/mol. The number of halogens is 3. The first-order valence-corrected chi connectivity index (χ1v) is 8.65. The molecule has 2 unspecified atom stereocenters. The summed E-state index contributed by atoms with van der Waals surface area (Å²) in [6, 6.07) is 0. The molecular weight excluding hydrogens is 407 g/mol. The summed E-state index contributed by atoms with van der Waals surface area (Å²) in [6.45, 7) is 2.33. The highest BCUT2D eigenvalue weighted by atomic mass is 32.1. The van der Waals surface area contributed by atoms with Crippen molar-refractivity contribution in [3.63, 3.8) is 0 Å². The van der Waals surface area contributed by atoms with E-state index in [9.17, 15) is 27.9 Å². The standard InChI is InChI=1S/C15H18F3N3O6S/c1-14(2)26-8-7(5-22)25-11(9(8)27-14)21-4-6(10(23)20-13(21)28)3-19-12(24)15(16,17)18/h4,7-9,11,22H,3,5H2,1-2H3,(H,19,24)(H,20,23,28)/t7-,8?,9?,11-/m1/s1. The SMILES string of the molecule is CC1(C)OC2C(O1)[C@@H](CO)O[C@H]2n1cc(CNC(=O)C(F)(F)F)c(=O)[nH]c1=S. The fraction of sp³-hybridized carbons (Fsp3) is 0.667. The van der Waals surface area contributed by atoms with Crippen molar-refractivity contribution in [2.45, 2.75) is 56.9 Å². The number of ether oxygens (including phenoxy) is 3. The zero-order valence-corrected chi connectivity index (χ0v) is 15.6. The third-order valence-corrected chi connectivity index (χ3v) is 4.63.